The Balaban J connectivity index is 2.17. The molecule has 0 spiro atoms. The van der Waals surface area contributed by atoms with Gasteiger partial charge in [-0.05, 0) is 42.8 Å². The van der Waals surface area contributed by atoms with E-state index in [-0.39, 0.29) is 25.0 Å². The smallest absolute Gasteiger partial charge is 0.261 e. The Morgan fingerprint density at radius 3 is 2.64 bits per heavy atom. The van der Waals surface area contributed by atoms with Crippen molar-refractivity contribution in [2.75, 3.05) is 20.8 Å². The molecule has 0 saturated heterocycles. The molecule has 0 saturated carbocycles. The van der Waals surface area contributed by atoms with E-state index in [1.807, 2.05) is 24.3 Å². The van der Waals surface area contributed by atoms with Crippen LogP contribution in [-0.4, -0.2) is 43.5 Å². The van der Waals surface area contributed by atoms with E-state index < -0.39 is 6.04 Å². The largest absolute Gasteiger partial charge is 0.497 e. The number of methoxy groups -OCH3 is 1. The summed E-state index contributed by atoms with van der Waals surface area (Å²) in [6.07, 6.45) is 0. The maximum absolute atomic E-state index is 12.9. The molecular weight excluding hydrogens is 448 g/mol. The Morgan fingerprint density at radius 1 is 1.25 bits per heavy atom. The van der Waals surface area contributed by atoms with Crippen molar-refractivity contribution in [3.63, 3.8) is 0 Å². The Hall–Kier alpha value is -2.25. The third-order valence-corrected chi connectivity index (χ3v) is 4.93. The molecule has 2 aromatic carbocycles. The van der Waals surface area contributed by atoms with E-state index in [1.54, 1.807) is 32.2 Å². The maximum atomic E-state index is 12.9. The number of nitrogens with one attached hydrogen (secondary N) is 1. The minimum atomic E-state index is -0.673. The van der Waals surface area contributed by atoms with Gasteiger partial charge in [-0.15, -0.1) is 0 Å². The fourth-order valence-electron chi connectivity index (χ4n) is 2.57. The van der Waals surface area contributed by atoms with Crippen molar-refractivity contribution in [1.82, 2.24) is 10.2 Å². The quantitative estimate of drug-likeness (QED) is 0.641. The molecule has 2 rings (SSSR count). The van der Waals surface area contributed by atoms with Crippen LogP contribution in [0.2, 0.25) is 5.02 Å². The lowest BCUT2D eigenvalue weighted by Gasteiger charge is -2.28. The number of benzene rings is 2. The normalized spacial score (nSPS) is 11.5. The van der Waals surface area contributed by atoms with E-state index in [2.05, 4.69) is 21.2 Å². The third-order valence-electron chi connectivity index (χ3n) is 4.15. The fourth-order valence-corrected chi connectivity index (χ4v) is 3.30. The van der Waals surface area contributed by atoms with Crippen LogP contribution in [-0.2, 0) is 16.1 Å². The fraction of sp³-hybridized carbons (Fsp3) is 0.300. The van der Waals surface area contributed by atoms with Crippen LogP contribution in [0.4, 0.5) is 0 Å². The van der Waals surface area contributed by atoms with E-state index in [4.69, 9.17) is 21.1 Å². The highest BCUT2D eigenvalue weighted by Gasteiger charge is 2.26. The number of ether oxygens (including phenoxy) is 2. The molecule has 0 aliphatic carbocycles. The molecule has 0 aromatic heterocycles. The van der Waals surface area contributed by atoms with Gasteiger partial charge in [-0.2, -0.15) is 0 Å². The van der Waals surface area contributed by atoms with Crippen LogP contribution in [0, 0.1) is 0 Å². The van der Waals surface area contributed by atoms with E-state index in [0.717, 1.165) is 10.0 Å². The average Bonchev–Trinajstić information content (AvgIpc) is 2.70. The Kier molecular flexibility index (Phi) is 8.14. The second-order valence-electron chi connectivity index (χ2n) is 6.03. The molecule has 0 aliphatic heterocycles. The molecule has 0 fully saturated rings. The van der Waals surface area contributed by atoms with Gasteiger partial charge in [0.25, 0.3) is 5.91 Å². The minimum absolute atomic E-state index is 0.238. The van der Waals surface area contributed by atoms with E-state index >= 15 is 0 Å². The van der Waals surface area contributed by atoms with Gasteiger partial charge in [0, 0.05) is 18.1 Å². The Labute approximate surface area is 177 Å². The van der Waals surface area contributed by atoms with Gasteiger partial charge in [-0.3, -0.25) is 9.59 Å². The summed E-state index contributed by atoms with van der Waals surface area (Å²) in [5, 5.41) is 2.96. The highest BCUT2D eigenvalue weighted by Crippen LogP contribution is 2.27. The zero-order valence-electron chi connectivity index (χ0n) is 15.9. The molecule has 0 unspecified atom stereocenters. The van der Waals surface area contributed by atoms with Crippen LogP contribution in [0.5, 0.6) is 11.5 Å². The highest BCUT2D eigenvalue weighted by atomic mass is 79.9. The summed E-state index contributed by atoms with van der Waals surface area (Å²) < 4.78 is 11.6. The molecule has 2 aromatic rings. The molecule has 0 heterocycles. The van der Waals surface area contributed by atoms with E-state index in [1.165, 1.54) is 11.9 Å². The highest BCUT2D eigenvalue weighted by molar-refractivity contribution is 9.10. The zero-order chi connectivity index (χ0) is 20.7. The molecule has 150 valence electrons. The summed E-state index contributed by atoms with van der Waals surface area (Å²) in [5.41, 5.74) is 0.838. The molecule has 0 radical (unpaired) electrons. The number of carbonyl (C=O) groups is 2. The lowest BCUT2D eigenvalue weighted by molar-refractivity contribution is -0.142. The number of nitrogens with zero attached hydrogens (tertiary/aromatic N) is 1. The SMILES string of the molecule is CNC(=O)[C@H](C)N(Cc1cccc(OC)c1)C(=O)COc1ccc(Br)cc1Cl. The summed E-state index contributed by atoms with van der Waals surface area (Å²) in [6, 6.07) is 11.8. The van der Waals surface area contributed by atoms with Crippen molar-refractivity contribution in [2.45, 2.75) is 19.5 Å². The Morgan fingerprint density at radius 2 is 2.00 bits per heavy atom. The molecular formula is C20H22BrClN2O4. The van der Waals surface area contributed by atoms with Crippen molar-refractivity contribution >= 4 is 39.3 Å². The Bertz CT molecular complexity index is 847. The van der Waals surface area contributed by atoms with Crippen molar-refractivity contribution < 1.29 is 19.1 Å². The van der Waals surface area contributed by atoms with Gasteiger partial charge in [0.05, 0.1) is 12.1 Å². The van der Waals surface area contributed by atoms with Crippen molar-refractivity contribution in [1.29, 1.82) is 0 Å². The van der Waals surface area contributed by atoms with Crippen LogP contribution < -0.4 is 14.8 Å². The van der Waals surface area contributed by atoms with Gasteiger partial charge in [0.15, 0.2) is 6.61 Å². The summed E-state index contributed by atoms with van der Waals surface area (Å²) in [4.78, 5) is 26.5. The van der Waals surface area contributed by atoms with Gasteiger partial charge in [0.2, 0.25) is 5.91 Å². The third kappa shape index (κ3) is 5.87. The first-order valence-corrected chi connectivity index (χ1v) is 9.74. The van der Waals surface area contributed by atoms with Gasteiger partial charge in [-0.1, -0.05) is 39.7 Å². The van der Waals surface area contributed by atoms with E-state index in [0.29, 0.717) is 16.5 Å². The molecule has 8 heteroatoms. The number of hydrogen-bond acceptors (Lipinski definition) is 4. The summed E-state index contributed by atoms with van der Waals surface area (Å²) in [6.45, 7) is 1.66. The van der Waals surface area contributed by atoms with Crippen LogP contribution in [0.1, 0.15) is 12.5 Å². The van der Waals surface area contributed by atoms with Gasteiger partial charge in [-0.25, -0.2) is 0 Å². The first kappa shape index (κ1) is 22.0. The molecule has 1 atom stereocenters. The van der Waals surface area contributed by atoms with Gasteiger partial charge in [0.1, 0.15) is 17.5 Å². The number of carbonyl (C=O) groups excluding carboxylic acids is 2. The molecule has 1 N–H and O–H groups in total. The number of hydrogen-bond donors (Lipinski definition) is 1. The van der Waals surface area contributed by atoms with Crippen LogP contribution in [0.3, 0.4) is 0 Å². The van der Waals surface area contributed by atoms with Crippen LogP contribution >= 0.6 is 27.5 Å². The molecule has 6 nitrogen and oxygen atoms in total. The van der Waals surface area contributed by atoms with Crippen molar-refractivity contribution in [2.24, 2.45) is 0 Å². The van der Waals surface area contributed by atoms with Gasteiger partial charge >= 0.3 is 0 Å². The predicted octanol–water partition coefficient (Wildman–Crippen LogP) is 3.65. The topological polar surface area (TPSA) is 67.9 Å². The van der Waals surface area contributed by atoms with E-state index in [9.17, 15) is 9.59 Å². The minimum Gasteiger partial charge on any atom is -0.497 e. The molecule has 0 bridgehead atoms. The number of halogens is 2. The first-order valence-electron chi connectivity index (χ1n) is 8.57. The maximum Gasteiger partial charge on any atom is 0.261 e. The van der Waals surface area contributed by atoms with Crippen molar-refractivity contribution in [3.05, 3.63) is 57.5 Å². The predicted molar refractivity (Wildman–Crippen MR) is 112 cm³/mol. The standard InChI is InChI=1S/C20H22BrClN2O4/c1-13(20(26)23-2)24(11-14-5-4-6-16(9-14)27-3)19(25)12-28-18-8-7-15(21)10-17(18)22/h4-10,13H,11-12H2,1-3H3,(H,23,26)/t13-/m0/s1. The number of rotatable bonds is 8. The average molecular weight is 470 g/mol. The number of amides is 2. The molecule has 2 amide bonds. The summed E-state index contributed by atoms with van der Waals surface area (Å²) >= 11 is 9.45. The second-order valence-corrected chi connectivity index (χ2v) is 7.35. The molecule has 0 aliphatic rings. The van der Waals surface area contributed by atoms with Crippen LogP contribution in [0.15, 0.2) is 46.9 Å². The zero-order valence-corrected chi connectivity index (χ0v) is 18.2. The summed E-state index contributed by atoms with van der Waals surface area (Å²) in [7, 11) is 3.11. The van der Waals surface area contributed by atoms with Gasteiger partial charge < -0.3 is 19.7 Å². The van der Waals surface area contributed by atoms with Crippen molar-refractivity contribution in [3.8, 4) is 11.5 Å². The lowest BCUT2D eigenvalue weighted by Crippen LogP contribution is -2.48. The number of likely N-dealkylation sites (N-methyl/N-ethyl adjacent to an activating group) is 1. The first-order chi connectivity index (χ1) is 13.3. The summed E-state index contributed by atoms with van der Waals surface area (Å²) in [5.74, 6) is 0.471. The van der Waals surface area contributed by atoms with Crippen LogP contribution in [0.25, 0.3) is 0 Å². The molecule has 28 heavy (non-hydrogen) atoms. The lowest BCUT2D eigenvalue weighted by atomic mass is 10.1. The second kappa shape index (κ2) is 10.3. The monoisotopic (exact) mass is 468 g/mol.